The molecule has 2 heterocycles. The summed E-state index contributed by atoms with van der Waals surface area (Å²) in [5, 5.41) is 0. The van der Waals surface area contributed by atoms with Crippen LogP contribution in [0.5, 0.6) is 0 Å². The summed E-state index contributed by atoms with van der Waals surface area (Å²) >= 11 is 0. The van der Waals surface area contributed by atoms with E-state index in [1.54, 1.807) is 0 Å². The molecule has 0 aromatic carbocycles. The number of hydrogen-bond acceptors (Lipinski definition) is 3. The molecule has 0 N–H and O–H groups in total. The van der Waals surface area contributed by atoms with Crippen molar-refractivity contribution in [2.75, 3.05) is 31.1 Å². The third-order valence-electron chi connectivity index (χ3n) is 6.15. The summed E-state index contributed by atoms with van der Waals surface area (Å²) in [5.41, 5.74) is -0.736. The van der Waals surface area contributed by atoms with E-state index in [1.165, 1.54) is 25.3 Å². The van der Waals surface area contributed by atoms with Crippen LogP contribution in [-0.2, 0) is 11.0 Å². The van der Waals surface area contributed by atoms with Crippen LogP contribution < -0.4 is 4.90 Å². The molecule has 0 spiro atoms. The number of unbranched alkanes of at least 4 members (excludes halogenated alkanes) is 1. The number of alkyl halides is 3. The van der Waals surface area contributed by atoms with E-state index in [4.69, 9.17) is 0 Å². The average molecular weight is 397 g/mol. The van der Waals surface area contributed by atoms with Gasteiger partial charge in [0.25, 0.3) is 0 Å². The number of rotatable bonds is 5. The van der Waals surface area contributed by atoms with Crippen LogP contribution in [0.3, 0.4) is 0 Å². The molecule has 1 aromatic heterocycles. The van der Waals surface area contributed by atoms with Gasteiger partial charge in [0.2, 0.25) is 5.91 Å². The van der Waals surface area contributed by atoms with Crippen molar-refractivity contribution < 1.29 is 18.0 Å². The molecule has 7 heteroatoms. The lowest BCUT2D eigenvalue weighted by Crippen LogP contribution is -2.51. The Hall–Kier alpha value is -1.79. The van der Waals surface area contributed by atoms with Crippen molar-refractivity contribution in [1.29, 1.82) is 0 Å². The van der Waals surface area contributed by atoms with E-state index in [0.717, 1.165) is 43.9 Å². The van der Waals surface area contributed by atoms with Crippen molar-refractivity contribution in [1.82, 2.24) is 9.88 Å². The van der Waals surface area contributed by atoms with Crippen LogP contribution >= 0.6 is 0 Å². The van der Waals surface area contributed by atoms with E-state index in [2.05, 4.69) is 11.9 Å². The Kier molecular flexibility index (Phi) is 6.83. The molecule has 1 aliphatic carbocycles. The van der Waals surface area contributed by atoms with E-state index in [-0.39, 0.29) is 11.8 Å². The summed E-state index contributed by atoms with van der Waals surface area (Å²) in [6.45, 7) is 4.65. The molecule has 0 bridgehead atoms. The number of carbonyl (C=O) groups excluding carboxylic acids is 1. The van der Waals surface area contributed by atoms with Gasteiger partial charge in [-0.05, 0) is 43.7 Å². The van der Waals surface area contributed by atoms with Gasteiger partial charge in [-0.15, -0.1) is 0 Å². The normalized spacial score (nSPS) is 23.7. The molecule has 28 heavy (non-hydrogen) atoms. The first-order valence-electron chi connectivity index (χ1n) is 10.5. The van der Waals surface area contributed by atoms with E-state index in [9.17, 15) is 18.0 Å². The fourth-order valence-corrected chi connectivity index (χ4v) is 4.35. The highest BCUT2D eigenvalue weighted by molar-refractivity contribution is 5.79. The number of amides is 1. The summed E-state index contributed by atoms with van der Waals surface area (Å²) in [4.78, 5) is 20.7. The Morgan fingerprint density at radius 2 is 1.79 bits per heavy atom. The van der Waals surface area contributed by atoms with Crippen LogP contribution in [0.15, 0.2) is 18.3 Å². The fraction of sp³-hybridized carbons (Fsp3) is 0.714. The minimum atomic E-state index is -4.37. The van der Waals surface area contributed by atoms with Gasteiger partial charge in [-0.25, -0.2) is 4.98 Å². The molecule has 1 aromatic rings. The number of aromatic nitrogens is 1. The molecule has 156 valence electrons. The highest BCUT2D eigenvalue weighted by Gasteiger charge is 2.32. The third-order valence-corrected chi connectivity index (χ3v) is 6.15. The van der Waals surface area contributed by atoms with Gasteiger partial charge in [-0.3, -0.25) is 4.79 Å². The largest absolute Gasteiger partial charge is 0.417 e. The molecular weight excluding hydrogens is 367 g/mol. The van der Waals surface area contributed by atoms with Crippen molar-refractivity contribution >= 4 is 11.7 Å². The fourth-order valence-electron chi connectivity index (χ4n) is 4.35. The number of hydrogen-bond donors (Lipinski definition) is 0. The predicted molar refractivity (Wildman–Crippen MR) is 103 cm³/mol. The van der Waals surface area contributed by atoms with Gasteiger partial charge in [0.05, 0.1) is 5.56 Å². The smallest absolute Gasteiger partial charge is 0.353 e. The van der Waals surface area contributed by atoms with Crippen LogP contribution in [0.1, 0.15) is 57.4 Å². The third kappa shape index (κ3) is 5.17. The van der Waals surface area contributed by atoms with Crippen molar-refractivity contribution in [3.05, 3.63) is 23.9 Å². The molecule has 1 saturated heterocycles. The molecule has 4 nitrogen and oxygen atoms in total. The Morgan fingerprint density at radius 3 is 2.32 bits per heavy atom. The standard InChI is InChI=1S/C21H30F3N3O/c1-2-3-4-16-5-7-17(8-6-16)20(28)27-13-11-26(12-14-27)19-10-9-18(15-25-19)21(22,23)24/h9-10,15-17H,2-8,11-14H2,1H3. The van der Waals surface area contributed by atoms with E-state index in [1.807, 2.05) is 9.80 Å². The van der Waals surface area contributed by atoms with Crippen LogP contribution in [0.25, 0.3) is 0 Å². The molecular formula is C21H30F3N3O. The zero-order chi connectivity index (χ0) is 20.1. The number of piperazine rings is 1. The first-order valence-corrected chi connectivity index (χ1v) is 10.5. The first kappa shape index (κ1) is 20.9. The molecule has 2 fully saturated rings. The molecule has 2 aliphatic rings. The minimum Gasteiger partial charge on any atom is -0.353 e. The minimum absolute atomic E-state index is 0.147. The van der Waals surface area contributed by atoms with E-state index in [0.29, 0.717) is 32.0 Å². The lowest BCUT2D eigenvalue weighted by atomic mass is 9.79. The summed E-state index contributed by atoms with van der Waals surface area (Å²) in [6, 6.07) is 2.48. The number of carbonyl (C=O) groups is 1. The Morgan fingerprint density at radius 1 is 1.11 bits per heavy atom. The number of anilines is 1. The average Bonchev–Trinajstić information content (AvgIpc) is 2.72. The van der Waals surface area contributed by atoms with Gasteiger partial charge in [0.15, 0.2) is 0 Å². The summed E-state index contributed by atoms with van der Waals surface area (Å²) in [6.07, 6.45) is 4.62. The topological polar surface area (TPSA) is 36.4 Å². The SMILES string of the molecule is CCCCC1CCC(C(=O)N2CCN(c3ccc(C(F)(F)F)cn3)CC2)CC1. The Balaban J connectivity index is 1.47. The first-order chi connectivity index (χ1) is 13.4. The zero-order valence-electron chi connectivity index (χ0n) is 16.5. The quantitative estimate of drug-likeness (QED) is 0.720. The Labute approximate surface area is 165 Å². The van der Waals surface area contributed by atoms with Gasteiger partial charge in [-0.2, -0.15) is 13.2 Å². The highest BCUT2D eigenvalue weighted by Crippen LogP contribution is 2.33. The van der Waals surface area contributed by atoms with Crippen LogP contribution in [0, 0.1) is 11.8 Å². The predicted octanol–water partition coefficient (Wildman–Crippen LogP) is 4.75. The van der Waals surface area contributed by atoms with Crippen molar-refractivity contribution in [2.24, 2.45) is 11.8 Å². The Bertz CT molecular complexity index is 631. The lowest BCUT2D eigenvalue weighted by molar-refractivity contribution is -0.138. The number of pyridine rings is 1. The second-order valence-electron chi connectivity index (χ2n) is 8.08. The van der Waals surface area contributed by atoms with E-state index >= 15 is 0 Å². The van der Waals surface area contributed by atoms with Gasteiger partial charge in [0.1, 0.15) is 5.82 Å². The van der Waals surface area contributed by atoms with Crippen molar-refractivity contribution in [3.8, 4) is 0 Å². The monoisotopic (exact) mass is 397 g/mol. The summed E-state index contributed by atoms with van der Waals surface area (Å²) in [7, 11) is 0. The van der Waals surface area contributed by atoms with E-state index < -0.39 is 11.7 Å². The lowest BCUT2D eigenvalue weighted by Gasteiger charge is -2.38. The van der Waals surface area contributed by atoms with Crippen LogP contribution in [0.2, 0.25) is 0 Å². The van der Waals surface area contributed by atoms with Gasteiger partial charge >= 0.3 is 6.18 Å². The number of nitrogens with zero attached hydrogens (tertiary/aromatic N) is 3. The molecule has 0 atom stereocenters. The summed E-state index contributed by atoms with van der Waals surface area (Å²) < 4.78 is 38.0. The maximum absolute atomic E-state index is 12.8. The van der Waals surface area contributed by atoms with Gasteiger partial charge in [0, 0.05) is 38.3 Å². The highest BCUT2D eigenvalue weighted by atomic mass is 19.4. The molecule has 0 unspecified atom stereocenters. The maximum atomic E-state index is 12.8. The maximum Gasteiger partial charge on any atom is 0.417 e. The molecule has 0 radical (unpaired) electrons. The zero-order valence-corrected chi connectivity index (χ0v) is 16.5. The number of halogens is 3. The van der Waals surface area contributed by atoms with Crippen molar-refractivity contribution in [2.45, 2.75) is 58.0 Å². The second kappa shape index (κ2) is 9.14. The molecule has 1 amide bonds. The van der Waals surface area contributed by atoms with Crippen LogP contribution in [-0.4, -0.2) is 42.0 Å². The summed E-state index contributed by atoms with van der Waals surface area (Å²) in [5.74, 6) is 1.73. The van der Waals surface area contributed by atoms with Crippen LogP contribution in [0.4, 0.5) is 19.0 Å². The van der Waals surface area contributed by atoms with Crippen molar-refractivity contribution in [3.63, 3.8) is 0 Å². The van der Waals surface area contributed by atoms with Gasteiger partial charge in [-0.1, -0.05) is 26.2 Å². The molecule has 3 rings (SSSR count). The second-order valence-corrected chi connectivity index (χ2v) is 8.08. The molecule has 1 aliphatic heterocycles. The molecule has 1 saturated carbocycles. The van der Waals surface area contributed by atoms with Gasteiger partial charge < -0.3 is 9.80 Å².